The lowest BCUT2D eigenvalue weighted by molar-refractivity contribution is 0.0974. The van der Waals surface area contributed by atoms with E-state index in [9.17, 15) is 9.59 Å². The van der Waals surface area contributed by atoms with Gasteiger partial charge in [-0.1, -0.05) is 6.92 Å². The number of rotatable bonds is 3. The first-order chi connectivity index (χ1) is 6.56. The van der Waals surface area contributed by atoms with Crippen molar-refractivity contribution in [2.24, 2.45) is 5.73 Å². The van der Waals surface area contributed by atoms with Gasteiger partial charge in [-0.15, -0.1) is 0 Å². The van der Waals surface area contributed by atoms with Gasteiger partial charge in [0.25, 0.3) is 5.91 Å². The number of hydrogen-bond donors (Lipinski definition) is 2. The molecule has 14 heavy (non-hydrogen) atoms. The van der Waals surface area contributed by atoms with E-state index in [1.807, 2.05) is 0 Å². The second kappa shape index (κ2) is 3.82. The molecule has 1 aromatic heterocycles. The number of carbonyl (C=O) groups excluding carboxylic acids is 2. The average molecular weight is 194 g/mol. The first-order valence-electron chi connectivity index (χ1n) is 4.01. The third kappa shape index (κ3) is 1.85. The van der Waals surface area contributed by atoms with Crippen molar-refractivity contribution in [3.8, 4) is 0 Å². The molecule has 0 spiro atoms. The number of ketones is 1. The molecule has 0 saturated heterocycles. The molecule has 0 aromatic carbocycles. The van der Waals surface area contributed by atoms with E-state index >= 15 is 0 Å². The Hall–Kier alpha value is -1.98. The third-order valence-electron chi connectivity index (χ3n) is 1.64. The van der Waals surface area contributed by atoms with Crippen LogP contribution in [-0.4, -0.2) is 21.7 Å². The minimum Gasteiger partial charge on any atom is -0.382 e. The summed E-state index contributed by atoms with van der Waals surface area (Å²) in [7, 11) is 0. The predicted molar refractivity (Wildman–Crippen MR) is 49.6 cm³/mol. The zero-order chi connectivity index (χ0) is 10.7. The van der Waals surface area contributed by atoms with Gasteiger partial charge < -0.3 is 11.5 Å². The van der Waals surface area contributed by atoms with Crippen molar-refractivity contribution < 1.29 is 9.59 Å². The van der Waals surface area contributed by atoms with Crippen LogP contribution in [0.3, 0.4) is 0 Å². The maximum absolute atomic E-state index is 11.2. The van der Waals surface area contributed by atoms with E-state index in [0.717, 1.165) is 0 Å². The van der Waals surface area contributed by atoms with Crippen LogP contribution in [0.2, 0.25) is 0 Å². The van der Waals surface area contributed by atoms with Gasteiger partial charge in [0, 0.05) is 6.42 Å². The average Bonchev–Trinajstić information content (AvgIpc) is 2.15. The van der Waals surface area contributed by atoms with Gasteiger partial charge in [0.05, 0.1) is 6.20 Å². The van der Waals surface area contributed by atoms with Gasteiger partial charge in [0.1, 0.15) is 5.69 Å². The van der Waals surface area contributed by atoms with Gasteiger partial charge in [-0.3, -0.25) is 9.59 Å². The summed E-state index contributed by atoms with van der Waals surface area (Å²) in [5, 5.41) is 0. The van der Waals surface area contributed by atoms with Gasteiger partial charge in [-0.05, 0) is 0 Å². The Labute approximate surface area is 80.3 Å². The first-order valence-corrected chi connectivity index (χ1v) is 4.01. The van der Waals surface area contributed by atoms with Crippen molar-refractivity contribution in [2.45, 2.75) is 13.3 Å². The minimum atomic E-state index is -0.759. The first kappa shape index (κ1) is 10.1. The summed E-state index contributed by atoms with van der Waals surface area (Å²) >= 11 is 0. The monoisotopic (exact) mass is 194 g/mol. The molecule has 0 aliphatic heterocycles. The number of nitrogen functional groups attached to an aromatic ring is 1. The van der Waals surface area contributed by atoms with Gasteiger partial charge in [-0.2, -0.15) is 0 Å². The van der Waals surface area contributed by atoms with Crippen molar-refractivity contribution in [3.63, 3.8) is 0 Å². The maximum Gasteiger partial charge on any atom is 0.271 e. The van der Waals surface area contributed by atoms with Gasteiger partial charge in [0.2, 0.25) is 0 Å². The summed E-state index contributed by atoms with van der Waals surface area (Å²) in [4.78, 5) is 29.3. The number of carbonyl (C=O) groups is 2. The largest absolute Gasteiger partial charge is 0.382 e. The molecule has 0 unspecified atom stereocenters. The summed E-state index contributed by atoms with van der Waals surface area (Å²) in [6, 6.07) is 0. The molecule has 0 aliphatic rings. The van der Waals surface area contributed by atoms with Crippen molar-refractivity contribution in [1.29, 1.82) is 0 Å². The van der Waals surface area contributed by atoms with Crippen LogP contribution in [0.15, 0.2) is 6.20 Å². The van der Waals surface area contributed by atoms with Crippen LogP contribution in [0.25, 0.3) is 0 Å². The fourth-order valence-electron chi connectivity index (χ4n) is 0.909. The smallest absolute Gasteiger partial charge is 0.271 e. The third-order valence-corrected chi connectivity index (χ3v) is 1.64. The van der Waals surface area contributed by atoms with E-state index in [0.29, 0.717) is 6.42 Å². The highest BCUT2D eigenvalue weighted by molar-refractivity contribution is 5.97. The van der Waals surface area contributed by atoms with Crippen molar-refractivity contribution in [1.82, 2.24) is 9.97 Å². The number of anilines is 1. The highest BCUT2D eigenvalue weighted by atomic mass is 16.1. The zero-order valence-corrected chi connectivity index (χ0v) is 7.65. The second-order valence-corrected chi connectivity index (χ2v) is 2.63. The fourth-order valence-corrected chi connectivity index (χ4v) is 0.909. The van der Waals surface area contributed by atoms with E-state index < -0.39 is 5.91 Å². The van der Waals surface area contributed by atoms with Crippen LogP contribution < -0.4 is 11.5 Å². The molecule has 0 atom stereocenters. The van der Waals surface area contributed by atoms with Crippen LogP contribution in [0.4, 0.5) is 5.82 Å². The molecule has 1 amide bonds. The molecular weight excluding hydrogens is 184 g/mol. The summed E-state index contributed by atoms with van der Waals surface area (Å²) in [6.45, 7) is 1.70. The standard InChI is InChI=1S/C8H10N4O2/c1-2-5(13)4-3-11-6(8(10)14)7(9)12-4/h3H,2H2,1H3,(H2,9,12)(H2,10,14). The SMILES string of the molecule is CCC(=O)c1cnc(C(N)=O)c(N)n1. The van der Waals surface area contributed by atoms with Crippen LogP contribution >= 0.6 is 0 Å². The van der Waals surface area contributed by atoms with Gasteiger partial charge in [0.15, 0.2) is 17.3 Å². The highest BCUT2D eigenvalue weighted by Crippen LogP contribution is 2.06. The summed E-state index contributed by atoms with van der Waals surface area (Å²) in [5.74, 6) is -1.05. The Morgan fingerprint density at radius 1 is 1.50 bits per heavy atom. The van der Waals surface area contributed by atoms with E-state index in [1.54, 1.807) is 6.92 Å². The molecule has 0 radical (unpaired) electrons. The number of primary amides is 1. The highest BCUT2D eigenvalue weighted by Gasteiger charge is 2.12. The molecule has 0 saturated carbocycles. The molecule has 1 aromatic rings. The van der Waals surface area contributed by atoms with E-state index in [2.05, 4.69) is 9.97 Å². The molecule has 0 fully saturated rings. The quantitative estimate of drug-likeness (QED) is 0.644. The number of nitrogens with zero attached hydrogens (tertiary/aromatic N) is 2. The fraction of sp³-hybridized carbons (Fsp3) is 0.250. The minimum absolute atomic E-state index is 0.113. The Balaban J connectivity index is 3.12. The number of nitrogens with two attached hydrogens (primary N) is 2. The van der Waals surface area contributed by atoms with Gasteiger partial charge >= 0.3 is 0 Å². The van der Waals surface area contributed by atoms with Crippen molar-refractivity contribution in [3.05, 3.63) is 17.6 Å². The maximum atomic E-state index is 11.2. The Bertz CT molecular complexity index is 389. The summed E-state index contributed by atoms with van der Waals surface area (Å²) in [6.07, 6.45) is 1.51. The lowest BCUT2D eigenvalue weighted by Crippen LogP contribution is -2.18. The van der Waals surface area contributed by atoms with Gasteiger partial charge in [-0.25, -0.2) is 9.97 Å². The van der Waals surface area contributed by atoms with E-state index in [4.69, 9.17) is 11.5 Å². The normalized spacial score (nSPS) is 9.79. The lowest BCUT2D eigenvalue weighted by atomic mass is 10.2. The molecule has 1 rings (SSSR count). The second-order valence-electron chi connectivity index (χ2n) is 2.63. The molecule has 6 nitrogen and oxygen atoms in total. The van der Waals surface area contributed by atoms with E-state index in [1.165, 1.54) is 6.20 Å². The molecule has 0 aliphatic carbocycles. The molecule has 0 bridgehead atoms. The Morgan fingerprint density at radius 3 is 2.57 bits per heavy atom. The Kier molecular flexibility index (Phi) is 2.76. The Morgan fingerprint density at radius 2 is 2.14 bits per heavy atom. The van der Waals surface area contributed by atoms with E-state index in [-0.39, 0.29) is 23.0 Å². The molecule has 74 valence electrons. The van der Waals surface area contributed by atoms with Crippen molar-refractivity contribution in [2.75, 3.05) is 5.73 Å². The zero-order valence-electron chi connectivity index (χ0n) is 7.65. The molecule has 4 N–H and O–H groups in total. The summed E-state index contributed by atoms with van der Waals surface area (Å²) in [5.41, 5.74) is 10.4. The predicted octanol–water partition coefficient (Wildman–Crippen LogP) is -0.250. The van der Waals surface area contributed by atoms with Crippen LogP contribution in [0.1, 0.15) is 34.3 Å². The molecule has 1 heterocycles. The van der Waals surface area contributed by atoms with Crippen LogP contribution in [-0.2, 0) is 0 Å². The molecular formula is C8H10N4O2. The number of aromatic nitrogens is 2. The lowest BCUT2D eigenvalue weighted by Gasteiger charge is -2.01. The number of hydrogen-bond acceptors (Lipinski definition) is 5. The van der Waals surface area contributed by atoms with Crippen LogP contribution in [0.5, 0.6) is 0 Å². The summed E-state index contributed by atoms with van der Waals surface area (Å²) < 4.78 is 0. The van der Waals surface area contributed by atoms with Crippen LogP contribution in [0, 0.1) is 0 Å². The number of amides is 1. The molecule has 6 heteroatoms. The topological polar surface area (TPSA) is 112 Å². The number of Topliss-reactive ketones (excluding diaryl/α,β-unsaturated/α-hetero) is 1. The van der Waals surface area contributed by atoms with Crippen molar-refractivity contribution >= 4 is 17.5 Å².